The lowest BCUT2D eigenvalue weighted by Gasteiger charge is -2.11. The molecule has 0 atom stereocenters. The fourth-order valence-corrected chi connectivity index (χ4v) is 2.53. The summed E-state index contributed by atoms with van der Waals surface area (Å²) in [7, 11) is 0. The summed E-state index contributed by atoms with van der Waals surface area (Å²) in [6.07, 6.45) is 1.28. The molecule has 8 heteroatoms. The molecule has 2 aromatic carbocycles. The van der Waals surface area contributed by atoms with Gasteiger partial charge in [0.1, 0.15) is 11.5 Å². The highest BCUT2D eigenvalue weighted by molar-refractivity contribution is 6.40. The molecule has 152 valence electrons. The Labute approximate surface area is 173 Å². The summed E-state index contributed by atoms with van der Waals surface area (Å²) in [4.78, 5) is 36.8. The van der Waals surface area contributed by atoms with Crippen molar-refractivity contribution in [1.29, 1.82) is 0 Å². The summed E-state index contributed by atoms with van der Waals surface area (Å²) in [5, 5.41) is 8.87. The van der Waals surface area contributed by atoms with Crippen LogP contribution in [0.4, 0.5) is 11.4 Å². The van der Waals surface area contributed by atoms with E-state index in [1.54, 1.807) is 49.4 Å². The van der Waals surface area contributed by atoms with E-state index >= 15 is 0 Å². The lowest BCUT2D eigenvalue weighted by atomic mass is 10.1. The van der Waals surface area contributed by atoms with E-state index in [1.165, 1.54) is 12.3 Å². The molecule has 3 N–H and O–H groups in total. The predicted octanol–water partition coefficient (Wildman–Crippen LogP) is 3.24. The summed E-state index contributed by atoms with van der Waals surface area (Å²) in [6.45, 7) is 3.72. The minimum Gasteiger partial charge on any atom is -0.460 e. The first-order valence-electron chi connectivity index (χ1n) is 9.10. The number of hydrazone groups is 1. The van der Waals surface area contributed by atoms with Crippen molar-refractivity contribution < 1.29 is 18.8 Å². The third-order valence-electron chi connectivity index (χ3n) is 4.05. The van der Waals surface area contributed by atoms with Crippen LogP contribution < -0.4 is 16.1 Å². The maximum atomic E-state index is 12.6. The van der Waals surface area contributed by atoms with E-state index in [9.17, 15) is 14.4 Å². The highest BCUT2D eigenvalue weighted by Crippen LogP contribution is 2.18. The van der Waals surface area contributed by atoms with Crippen molar-refractivity contribution in [3.8, 4) is 0 Å². The Morgan fingerprint density at radius 1 is 0.867 bits per heavy atom. The minimum atomic E-state index is -0.983. The zero-order valence-corrected chi connectivity index (χ0v) is 16.4. The number of furan rings is 1. The molecule has 3 aromatic rings. The number of rotatable bonds is 5. The smallest absolute Gasteiger partial charge is 0.329 e. The second-order valence-electron chi connectivity index (χ2n) is 6.47. The maximum absolute atomic E-state index is 12.6. The fraction of sp³-hybridized carbons (Fsp3) is 0.0909. The van der Waals surface area contributed by atoms with Crippen molar-refractivity contribution in [3.63, 3.8) is 0 Å². The first-order valence-corrected chi connectivity index (χ1v) is 9.10. The van der Waals surface area contributed by atoms with Crippen molar-refractivity contribution in [2.45, 2.75) is 13.8 Å². The average Bonchev–Trinajstić information content (AvgIpc) is 3.15. The normalized spacial score (nSPS) is 10.6. The number of aryl methyl sites for hydroxylation is 2. The molecule has 0 spiro atoms. The van der Waals surface area contributed by atoms with Crippen LogP contribution in [0.2, 0.25) is 0 Å². The number of para-hydroxylation sites is 1. The highest BCUT2D eigenvalue weighted by Gasteiger charge is 2.17. The van der Waals surface area contributed by atoms with Crippen LogP contribution in [-0.2, 0) is 9.59 Å². The second-order valence-corrected chi connectivity index (χ2v) is 6.47. The summed E-state index contributed by atoms with van der Waals surface area (Å²) in [5.41, 5.74) is 4.21. The van der Waals surface area contributed by atoms with Crippen molar-refractivity contribution in [1.82, 2.24) is 5.43 Å². The summed E-state index contributed by atoms with van der Waals surface area (Å²) in [5.74, 6) is -1.23. The quantitative estimate of drug-likeness (QED) is 0.344. The topological polar surface area (TPSA) is 113 Å². The number of hydrogen-bond donors (Lipinski definition) is 3. The maximum Gasteiger partial charge on any atom is 0.329 e. The summed E-state index contributed by atoms with van der Waals surface area (Å²) < 4.78 is 5.27. The third kappa shape index (κ3) is 5.41. The molecule has 0 aliphatic rings. The van der Waals surface area contributed by atoms with E-state index in [0.717, 1.165) is 5.56 Å². The number of nitrogens with zero attached hydrogens (tertiary/aromatic N) is 1. The number of benzene rings is 2. The van der Waals surface area contributed by atoms with Crippen LogP contribution >= 0.6 is 0 Å². The van der Waals surface area contributed by atoms with Crippen LogP contribution in [-0.4, -0.2) is 23.9 Å². The minimum absolute atomic E-state index is 0.202. The standard InChI is InChI=1S/C22H20N4O4/c1-14-7-10-16(11-8-14)24-20(27)18-5-3-4-6-19(18)25-21(28)22(29)26-23-13-17-12-9-15(2)30-17/h3-13H,1-2H3,(H,24,27)(H,25,28)(H,26,29)/b23-13+. The van der Waals surface area contributed by atoms with Crippen molar-refractivity contribution in [3.05, 3.63) is 83.3 Å². The molecule has 0 fully saturated rings. The number of anilines is 2. The Kier molecular flexibility index (Phi) is 6.39. The van der Waals surface area contributed by atoms with Gasteiger partial charge in [0, 0.05) is 5.69 Å². The molecule has 30 heavy (non-hydrogen) atoms. The average molecular weight is 404 g/mol. The number of amides is 3. The molecule has 3 amide bonds. The van der Waals surface area contributed by atoms with Gasteiger partial charge < -0.3 is 15.1 Å². The van der Waals surface area contributed by atoms with Crippen LogP contribution in [0.15, 0.2) is 70.2 Å². The van der Waals surface area contributed by atoms with Gasteiger partial charge in [0.2, 0.25) is 0 Å². The summed E-state index contributed by atoms with van der Waals surface area (Å²) in [6, 6.07) is 17.1. The lowest BCUT2D eigenvalue weighted by Crippen LogP contribution is -2.33. The molecular formula is C22H20N4O4. The number of carbonyl (C=O) groups excluding carboxylic acids is 3. The van der Waals surface area contributed by atoms with Crippen LogP contribution in [0.1, 0.15) is 27.4 Å². The zero-order chi connectivity index (χ0) is 21.5. The molecule has 0 saturated carbocycles. The van der Waals surface area contributed by atoms with Gasteiger partial charge in [-0.3, -0.25) is 14.4 Å². The second kappa shape index (κ2) is 9.33. The lowest BCUT2D eigenvalue weighted by molar-refractivity contribution is -0.136. The Bertz CT molecular complexity index is 1100. The van der Waals surface area contributed by atoms with Gasteiger partial charge >= 0.3 is 11.8 Å². The Morgan fingerprint density at radius 2 is 1.60 bits per heavy atom. The molecule has 0 saturated heterocycles. The van der Waals surface area contributed by atoms with Crippen LogP contribution in [0.5, 0.6) is 0 Å². The molecule has 3 rings (SSSR count). The van der Waals surface area contributed by atoms with E-state index in [1.807, 2.05) is 19.1 Å². The monoisotopic (exact) mass is 404 g/mol. The first-order chi connectivity index (χ1) is 14.4. The third-order valence-corrected chi connectivity index (χ3v) is 4.05. The van der Waals surface area contributed by atoms with Crippen LogP contribution in [0.25, 0.3) is 0 Å². The van der Waals surface area contributed by atoms with E-state index in [4.69, 9.17) is 4.42 Å². The number of nitrogens with one attached hydrogen (secondary N) is 3. The van der Waals surface area contributed by atoms with Gasteiger partial charge in [-0.2, -0.15) is 5.10 Å². The van der Waals surface area contributed by atoms with E-state index in [-0.39, 0.29) is 11.3 Å². The molecular weight excluding hydrogens is 384 g/mol. The van der Waals surface area contributed by atoms with Crippen molar-refractivity contribution in [2.24, 2.45) is 5.10 Å². The Hall–Kier alpha value is -4.20. The van der Waals surface area contributed by atoms with Gasteiger partial charge in [-0.05, 0) is 50.2 Å². The van der Waals surface area contributed by atoms with E-state index < -0.39 is 17.7 Å². The molecule has 0 bridgehead atoms. The molecule has 0 unspecified atom stereocenters. The van der Waals surface area contributed by atoms with Crippen LogP contribution in [0, 0.1) is 13.8 Å². The van der Waals surface area contributed by atoms with Crippen LogP contribution in [0.3, 0.4) is 0 Å². The van der Waals surface area contributed by atoms with Gasteiger partial charge in [0.25, 0.3) is 5.91 Å². The Balaban J connectivity index is 1.63. The SMILES string of the molecule is Cc1ccc(NC(=O)c2ccccc2NC(=O)C(=O)N/N=C/c2ccc(C)o2)cc1. The fourth-order valence-electron chi connectivity index (χ4n) is 2.53. The number of hydrogen-bond acceptors (Lipinski definition) is 5. The first kappa shape index (κ1) is 20.5. The van der Waals surface area contributed by atoms with Crippen molar-refractivity contribution in [2.75, 3.05) is 10.6 Å². The summed E-state index contributed by atoms with van der Waals surface area (Å²) >= 11 is 0. The zero-order valence-electron chi connectivity index (χ0n) is 16.4. The van der Waals surface area contributed by atoms with Gasteiger partial charge in [-0.25, -0.2) is 5.43 Å². The largest absolute Gasteiger partial charge is 0.460 e. The molecule has 1 heterocycles. The molecule has 1 aromatic heterocycles. The number of carbonyl (C=O) groups is 3. The molecule has 0 aliphatic carbocycles. The molecule has 0 radical (unpaired) electrons. The van der Waals surface area contributed by atoms with Gasteiger partial charge in [-0.15, -0.1) is 0 Å². The predicted molar refractivity (Wildman–Crippen MR) is 113 cm³/mol. The molecule has 0 aliphatic heterocycles. The van der Waals surface area contributed by atoms with Crippen molar-refractivity contribution >= 4 is 35.3 Å². The highest BCUT2D eigenvalue weighted by atomic mass is 16.3. The van der Waals surface area contributed by atoms with Gasteiger partial charge in [0.15, 0.2) is 0 Å². The van der Waals surface area contributed by atoms with E-state index in [0.29, 0.717) is 17.2 Å². The van der Waals surface area contributed by atoms with Gasteiger partial charge in [-0.1, -0.05) is 29.8 Å². The Morgan fingerprint density at radius 3 is 2.30 bits per heavy atom. The molecule has 8 nitrogen and oxygen atoms in total. The van der Waals surface area contributed by atoms with E-state index in [2.05, 4.69) is 21.2 Å². The van der Waals surface area contributed by atoms with Gasteiger partial charge in [0.05, 0.1) is 17.5 Å².